The van der Waals surface area contributed by atoms with Crippen LogP contribution >= 0.6 is 22.9 Å². The molecule has 2 unspecified atom stereocenters. The van der Waals surface area contributed by atoms with Crippen molar-refractivity contribution in [2.24, 2.45) is 10.9 Å². The van der Waals surface area contributed by atoms with Crippen LogP contribution in [-0.4, -0.2) is 23.4 Å². The third-order valence-corrected chi connectivity index (χ3v) is 6.85. The summed E-state index contributed by atoms with van der Waals surface area (Å²) in [6, 6.07) is 14.1. The van der Waals surface area contributed by atoms with E-state index in [0.717, 1.165) is 11.1 Å². The second kappa shape index (κ2) is 6.82. The van der Waals surface area contributed by atoms with Gasteiger partial charge in [0, 0.05) is 10.6 Å². The second-order valence-corrected chi connectivity index (χ2v) is 8.76. The highest BCUT2D eigenvalue weighted by Gasteiger charge is 2.55. The van der Waals surface area contributed by atoms with E-state index in [0.29, 0.717) is 20.1 Å². The van der Waals surface area contributed by atoms with Gasteiger partial charge in [0.25, 0.3) is 5.56 Å². The lowest BCUT2D eigenvalue weighted by Gasteiger charge is -2.44. The average Bonchev–Trinajstić information content (AvgIpc) is 3.02. The van der Waals surface area contributed by atoms with E-state index in [-0.39, 0.29) is 5.56 Å². The van der Waals surface area contributed by atoms with Crippen molar-refractivity contribution < 1.29 is 14.3 Å². The molecule has 0 N–H and O–H groups in total. The lowest BCUT2D eigenvalue weighted by atomic mass is 9.81. The van der Waals surface area contributed by atoms with Crippen LogP contribution in [0.15, 0.2) is 58.3 Å². The van der Waals surface area contributed by atoms with E-state index >= 15 is 0 Å². The molecule has 1 aromatic heterocycles. The van der Waals surface area contributed by atoms with Gasteiger partial charge in [0.15, 0.2) is 4.80 Å². The number of thiazole rings is 1. The molecule has 6 nitrogen and oxygen atoms in total. The van der Waals surface area contributed by atoms with Crippen LogP contribution in [-0.2, 0) is 9.53 Å². The molecule has 2 aliphatic heterocycles. The summed E-state index contributed by atoms with van der Waals surface area (Å²) in [7, 11) is 1.33. The normalized spacial score (nSPS) is 24.3. The number of methoxy groups -OCH3 is 1. The average molecular weight is 441 g/mol. The summed E-state index contributed by atoms with van der Waals surface area (Å²) in [5.74, 6) is -0.652. The molecule has 2 aromatic carbocycles. The first-order chi connectivity index (χ1) is 14.4. The molecular weight excluding hydrogens is 424 g/mol. The fraction of sp³-hybridized carbons (Fsp3) is 0.227. The van der Waals surface area contributed by atoms with E-state index in [1.807, 2.05) is 42.5 Å². The Labute approximate surface area is 180 Å². The standard InChI is InChI=1S/C22H17ClN2O4S/c1-22-17(20(27)28-2)18(13-8-4-6-10-15(13)29-22)25-19(26)16(30-21(25)24-22)11-12-7-3-5-9-14(12)23/h3-11,17-18H,1-2H3/b16-11+/t17?,18?,22-/m0/s1. The van der Waals surface area contributed by atoms with Crippen molar-refractivity contribution in [1.82, 2.24) is 4.57 Å². The molecule has 3 heterocycles. The summed E-state index contributed by atoms with van der Waals surface area (Å²) in [6.07, 6.45) is 1.75. The van der Waals surface area contributed by atoms with Gasteiger partial charge in [-0.2, -0.15) is 0 Å². The van der Waals surface area contributed by atoms with Gasteiger partial charge in [0.05, 0.1) is 17.7 Å². The van der Waals surface area contributed by atoms with Gasteiger partial charge in [-0.15, -0.1) is 0 Å². The Morgan fingerprint density at radius 3 is 2.77 bits per heavy atom. The van der Waals surface area contributed by atoms with Crippen LogP contribution in [0, 0.1) is 5.92 Å². The molecule has 3 atom stereocenters. The number of aromatic nitrogens is 1. The molecule has 0 amide bonds. The van der Waals surface area contributed by atoms with E-state index in [1.165, 1.54) is 18.4 Å². The summed E-state index contributed by atoms with van der Waals surface area (Å²) in [4.78, 5) is 31.4. The Morgan fingerprint density at radius 1 is 1.27 bits per heavy atom. The van der Waals surface area contributed by atoms with Gasteiger partial charge < -0.3 is 9.47 Å². The minimum atomic E-state index is -1.18. The van der Waals surface area contributed by atoms with Crippen LogP contribution in [0.25, 0.3) is 6.08 Å². The zero-order chi connectivity index (χ0) is 21.0. The molecule has 152 valence electrons. The number of ether oxygens (including phenoxy) is 2. The van der Waals surface area contributed by atoms with Gasteiger partial charge in [-0.05, 0) is 30.7 Å². The van der Waals surface area contributed by atoms with E-state index in [4.69, 9.17) is 26.1 Å². The molecule has 8 heteroatoms. The van der Waals surface area contributed by atoms with E-state index < -0.39 is 23.7 Å². The summed E-state index contributed by atoms with van der Waals surface area (Å²) < 4.78 is 13.3. The molecule has 30 heavy (non-hydrogen) atoms. The lowest BCUT2D eigenvalue weighted by Crippen LogP contribution is -2.58. The molecule has 0 fully saturated rings. The second-order valence-electron chi connectivity index (χ2n) is 7.34. The van der Waals surface area contributed by atoms with Crippen molar-refractivity contribution in [2.75, 3.05) is 7.11 Å². The maximum absolute atomic E-state index is 13.4. The van der Waals surface area contributed by atoms with Crippen molar-refractivity contribution in [3.05, 3.63) is 84.4 Å². The number of benzene rings is 2. The number of hydrogen-bond donors (Lipinski definition) is 0. The molecule has 0 radical (unpaired) electrons. The number of para-hydroxylation sites is 1. The fourth-order valence-electron chi connectivity index (χ4n) is 4.16. The summed E-state index contributed by atoms with van der Waals surface area (Å²) in [6.45, 7) is 1.75. The van der Waals surface area contributed by atoms with Crippen LogP contribution in [0.4, 0.5) is 0 Å². The first-order valence-electron chi connectivity index (χ1n) is 9.36. The van der Waals surface area contributed by atoms with Gasteiger partial charge in [0.2, 0.25) is 5.72 Å². The van der Waals surface area contributed by atoms with Crippen molar-refractivity contribution in [3.63, 3.8) is 0 Å². The third kappa shape index (κ3) is 2.73. The predicted octanol–water partition coefficient (Wildman–Crippen LogP) is 2.51. The van der Waals surface area contributed by atoms with E-state index in [2.05, 4.69) is 0 Å². The van der Waals surface area contributed by atoms with Crippen LogP contribution in [0.3, 0.4) is 0 Å². The highest BCUT2D eigenvalue weighted by molar-refractivity contribution is 7.07. The predicted molar refractivity (Wildman–Crippen MR) is 113 cm³/mol. The van der Waals surface area contributed by atoms with Crippen LogP contribution in [0.5, 0.6) is 5.75 Å². The summed E-state index contributed by atoms with van der Waals surface area (Å²) in [5, 5.41) is 0.553. The Hall–Kier alpha value is -2.90. The number of carbonyl (C=O) groups excluding carboxylic acids is 1. The van der Waals surface area contributed by atoms with Gasteiger partial charge in [0.1, 0.15) is 11.7 Å². The van der Waals surface area contributed by atoms with Gasteiger partial charge in [-0.1, -0.05) is 59.3 Å². The van der Waals surface area contributed by atoms with Gasteiger partial charge >= 0.3 is 5.97 Å². The number of fused-ring (bicyclic) bond motifs is 6. The van der Waals surface area contributed by atoms with Crippen LogP contribution in [0.1, 0.15) is 24.1 Å². The number of carbonyl (C=O) groups is 1. The Balaban J connectivity index is 1.81. The quantitative estimate of drug-likeness (QED) is 0.574. The molecule has 3 aromatic rings. The first kappa shape index (κ1) is 19.1. The van der Waals surface area contributed by atoms with Crippen LogP contribution < -0.4 is 19.6 Å². The monoisotopic (exact) mass is 440 g/mol. The molecule has 0 saturated carbocycles. The Kier molecular flexibility index (Phi) is 4.34. The molecule has 0 aliphatic carbocycles. The summed E-state index contributed by atoms with van der Waals surface area (Å²) >= 11 is 7.53. The lowest BCUT2D eigenvalue weighted by molar-refractivity contribution is -0.158. The molecule has 0 saturated heterocycles. The Morgan fingerprint density at radius 2 is 2.00 bits per heavy atom. The molecular formula is C22H17ClN2O4S. The van der Waals surface area contributed by atoms with Crippen molar-refractivity contribution in [3.8, 4) is 5.75 Å². The number of rotatable bonds is 2. The van der Waals surface area contributed by atoms with E-state index in [1.54, 1.807) is 23.6 Å². The topological polar surface area (TPSA) is 69.9 Å². The van der Waals surface area contributed by atoms with E-state index in [9.17, 15) is 9.59 Å². The summed E-state index contributed by atoms with van der Waals surface area (Å²) in [5.41, 5.74) is 0.0956. The maximum Gasteiger partial charge on any atom is 0.317 e. The van der Waals surface area contributed by atoms with Crippen molar-refractivity contribution in [2.45, 2.75) is 18.7 Å². The zero-order valence-electron chi connectivity index (χ0n) is 16.2. The zero-order valence-corrected chi connectivity index (χ0v) is 17.7. The maximum atomic E-state index is 13.4. The number of hydrogen-bond acceptors (Lipinski definition) is 6. The molecule has 2 bridgehead atoms. The van der Waals surface area contributed by atoms with Crippen molar-refractivity contribution >= 4 is 35.0 Å². The minimum absolute atomic E-state index is 0.226. The first-order valence-corrected chi connectivity index (χ1v) is 10.6. The third-order valence-electron chi connectivity index (χ3n) is 5.53. The van der Waals surface area contributed by atoms with Crippen molar-refractivity contribution in [1.29, 1.82) is 0 Å². The Bertz CT molecular complexity index is 1360. The number of esters is 1. The van der Waals surface area contributed by atoms with Gasteiger partial charge in [-0.3, -0.25) is 14.2 Å². The fourth-order valence-corrected chi connectivity index (χ4v) is 5.44. The van der Waals surface area contributed by atoms with Crippen LogP contribution in [0.2, 0.25) is 5.02 Å². The largest absolute Gasteiger partial charge is 0.469 e. The minimum Gasteiger partial charge on any atom is -0.469 e. The molecule has 2 aliphatic rings. The SMILES string of the molecule is COC(=O)C1C2c3ccccc3O[C@]1(C)N=c1s/c(=C/c3ccccc3Cl)c(=O)n12. The molecule has 5 rings (SSSR count). The molecule has 0 spiro atoms. The number of halogens is 1. The highest BCUT2D eigenvalue weighted by Crippen LogP contribution is 2.47. The number of nitrogens with zero attached hydrogens (tertiary/aromatic N) is 2. The highest BCUT2D eigenvalue weighted by atomic mass is 35.5. The smallest absolute Gasteiger partial charge is 0.317 e. The van der Waals surface area contributed by atoms with Gasteiger partial charge in [-0.25, -0.2) is 4.99 Å².